The molecular formula is H4Fe2O4P2. The molecule has 0 aromatic carbocycles. The van der Waals surface area contributed by atoms with Gasteiger partial charge in [0.1, 0.15) is 0 Å². The Balaban J connectivity index is -0.000000125. The van der Waals surface area contributed by atoms with Crippen molar-refractivity contribution in [3.63, 3.8) is 0 Å². The van der Waals surface area contributed by atoms with Gasteiger partial charge in [-0.2, -0.15) is 0 Å². The van der Waals surface area contributed by atoms with Crippen molar-refractivity contribution in [2.45, 2.75) is 0 Å². The van der Waals surface area contributed by atoms with Crippen LogP contribution in [0.2, 0.25) is 0 Å². The summed E-state index contributed by atoms with van der Waals surface area (Å²) in [7, 11) is -2.72. The van der Waals surface area contributed by atoms with E-state index >= 15 is 0 Å². The van der Waals surface area contributed by atoms with Crippen molar-refractivity contribution in [3.05, 3.63) is 0 Å². The number of phosphoric acid groups is 1. The average Bonchev–Trinajstić information content (AvgIpc) is 1.35. The molecule has 0 spiro atoms. The zero-order chi connectivity index (χ0) is 5.21. The standard InChI is InChI=1S/2Fe.H4O4P2/c;;1-6(2,3)4-5/h;;5H2,(H2,1,2,3). The molecule has 0 amide bonds. The molecule has 0 saturated carbocycles. The maximum atomic E-state index is 9.45. The molecule has 0 aliphatic heterocycles. The summed E-state index contributed by atoms with van der Waals surface area (Å²) in [5, 5.41) is 0. The molecule has 4 nitrogen and oxygen atoms in total. The Hall–Kier alpha value is 1.58. The van der Waals surface area contributed by atoms with E-state index in [1.807, 2.05) is 0 Å². The molecule has 0 fully saturated rings. The minimum atomic E-state index is -4.18. The Morgan fingerprint density at radius 3 is 1.50 bits per heavy atom. The van der Waals surface area contributed by atoms with E-state index in [2.05, 4.69) is 4.31 Å². The molecule has 0 rings (SSSR count). The number of hydrogen-bond acceptors (Lipinski definition) is 2. The SMILES string of the molecule is O=P(O)(O)OP.[Fe].[Fe]. The van der Waals surface area contributed by atoms with E-state index in [1.165, 1.54) is 9.47 Å². The summed E-state index contributed by atoms with van der Waals surface area (Å²) in [6, 6.07) is 0. The molecule has 1 unspecified atom stereocenters. The number of hydrogen-bond donors (Lipinski definition) is 2. The second-order valence-corrected chi connectivity index (χ2v) is 2.42. The normalized spacial score (nSPS) is 8.88. The minimum Gasteiger partial charge on any atom is -0.302 e. The fourth-order valence-electron chi connectivity index (χ4n) is 0. The van der Waals surface area contributed by atoms with Gasteiger partial charge in [0, 0.05) is 43.6 Å². The molecule has 0 bridgehead atoms. The van der Waals surface area contributed by atoms with E-state index in [9.17, 15) is 4.57 Å². The van der Waals surface area contributed by atoms with Gasteiger partial charge in [-0.05, 0) is 0 Å². The molecule has 0 radical (unpaired) electrons. The predicted molar refractivity (Wildman–Crippen MR) is 22.8 cm³/mol. The van der Waals surface area contributed by atoms with Crippen molar-refractivity contribution in [1.82, 2.24) is 0 Å². The van der Waals surface area contributed by atoms with Crippen molar-refractivity contribution in [2.75, 3.05) is 0 Å². The van der Waals surface area contributed by atoms with Gasteiger partial charge >= 0.3 is 7.82 Å². The quantitative estimate of drug-likeness (QED) is 0.496. The van der Waals surface area contributed by atoms with Crippen LogP contribution < -0.4 is 0 Å². The molecule has 8 heavy (non-hydrogen) atoms. The van der Waals surface area contributed by atoms with Gasteiger partial charge in [-0.25, -0.2) is 4.57 Å². The van der Waals surface area contributed by atoms with E-state index in [0.717, 1.165) is 0 Å². The third kappa shape index (κ3) is 15.6. The summed E-state index contributed by atoms with van der Waals surface area (Å²) in [5.41, 5.74) is 0. The molecule has 0 aliphatic carbocycles. The van der Waals surface area contributed by atoms with Crippen molar-refractivity contribution in [1.29, 1.82) is 0 Å². The first-order valence-electron chi connectivity index (χ1n) is 1.00. The molecule has 1 atom stereocenters. The van der Waals surface area contributed by atoms with Crippen LogP contribution in [-0.4, -0.2) is 9.79 Å². The van der Waals surface area contributed by atoms with Gasteiger partial charge in [-0.1, -0.05) is 0 Å². The third-order valence-corrected chi connectivity index (χ3v) is 1.24. The van der Waals surface area contributed by atoms with Crippen molar-refractivity contribution < 1.29 is 52.8 Å². The van der Waals surface area contributed by atoms with Crippen LogP contribution in [0.3, 0.4) is 0 Å². The summed E-state index contributed by atoms with van der Waals surface area (Å²) < 4.78 is 13.0. The van der Waals surface area contributed by atoms with Crippen molar-refractivity contribution in [2.24, 2.45) is 0 Å². The Bertz CT molecular complexity index is 76.1. The van der Waals surface area contributed by atoms with Gasteiger partial charge in [0.25, 0.3) is 0 Å². The molecule has 0 heterocycles. The molecular weight excluding hydrogens is 238 g/mol. The predicted octanol–water partition coefficient (Wildman–Crippen LogP) is -0.119. The first-order valence-corrected chi connectivity index (χ1v) is 3.00. The molecule has 54 valence electrons. The van der Waals surface area contributed by atoms with Gasteiger partial charge < -0.3 is 9.79 Å². The second kappa shape index (κ2) is 6.70. The fraction of sp³-hybridized carbons (Fsp3) is 0. The van der Waals surface area contributed by atoms with Gasteiger partial charge in [0.2, 0.25) is 0 Å². The zero-order valence-electron chi connectivity index (χ0n) is 3.44. The summed E-state index contributed by atoms with van der Waals surface area (Å²) >= 11 is 0. The van der Waals surface area contributed by atoms with Crippen LogP contribution in [0.4, 0.5) is 0 Å². The molecule has 0 aliphatic rings. The molecule has 0 aromatic heterocycles. The van der Waals surface area contributed by atoms with E-state index in [-0.39, 0.29) is 34.1 Å². The van der Waals surface area contributed by atoms with Crippen LogP contribution in [0, 0.1) is 0 Å². The smallest absolute Gasteiger partial charge is 0.302 e. The van der Waals surface area contributed by atoms with Gasteiger partial charge in [0.15, 0.2) is 0 Å². The zero-order valence-corrected chi connectivity index (χ0v) is 7.70. The first-order chi connectivity index (χ1) is 2.56. The van der Waals surface area contributed by atoms with Crippen LogP contribution in [0.1, 0.15) is 0 Å². The Morgan fingerprint density at radius 2 is 1.50 bits per heavy atom. The van der Waals surface area contributed by atoms with E-state index in [1.54, 1.807) is 0 Å². The monoisotopic (exact) mass is 242 g/mol. The van der Waals surface area contributed by atoms with Gasteiger partial charge in [-0.3, -0.25) is 4.31 Å². The summed E-state index contributed by atoms with van der Waals surface area (Å²) in [6.07, 6.45) is 0. The topological polar surface area (TPSA) is 66.8 Å². The van der Waals surface area contributed by atoms with Crippen LogP contribution >= 0.6 is 17.3 Å². The number of rotatable bonds is 1. The molecule has 8 heteroatoms. The first kappa shape index (κ1) is 16.3. The minimum absolute atomic E-state index is 0. The Labute approximate surface area is 70.2 Å². The Morgan fingerprint density at radius 1 is 1.38 bits per heavy atom. The maximum absolute atomic E-state index is 9.45. The molecule has 0 aromatic rings. The second-order valence-electron chi connectivity index (χ2n) is 0.596. The van der Waals surface area contributed by atoms with E-state index in [0.29, 0.717) is 0 Å². The van der Waals surface area contributed by atoms with Crippen molar-refractivity contribution >= 4 is 17.3 Å². The largest absolute Gasteiger partial charge is 0.472 e. The van der Waals surface area contributed by atoms with Crippen LogP contribution in [0.5, 0.6) is 0 Å². The third-order valence-electron chi connectivity index (χ3n) is 0.137. The van der Waals surface area contributed by atoms with E-state index in [4.69, 9.17) is 9.79 Å². The van der Waals surface area contributed by atoms with Crippen molar-refractivity contribution in [3.8, 4) is 0 Å². The van der Waals surface area contributed by atoms with E-state index < -0.39 is 7.82 Å². The van der Waals surface area contributed by atoms with Crippen LogP contribution in [0.15, 0.2) is 0 Å². The average molecular weight is 242 g/mol. The summed E-state index contributed by atoms with van der Waals surface area (Å²) in [5.74, 6) is 0. The van der Waals surface area contributed by atoms with Gasteiger partial charge in [-0.15, -0.1) is 0 Å². The molecule has 2 N–H and O–H groups in total. The maximum Gasteiger partial charge on any atom is 0.472 e. The van der Waals surface area contributed by atoms with Crippen LogP contribution in [0.25, 0.3) is 0 Å². The summed E-state index contributed by atoms with van der Waals surface area (Å²) in [4.78, 5) is 15.4. The Kier molecular flexibility index (Phi) is 13.6. The summed E-state index contributed by atoms with van der Waals surface area (Å²) in [6.45, 7) is 0. The fourth-order valence-corrected chi connectivity index (χ4v) is 0. The van der Waals surface area contributed by atoms with Gasteiger partial charge in [0.05, 0.1) is 0 Å². The van der Waals surface area contributed by atoms with Crippen LogP contribution in [-0.2, 0) is 43.0 Å². The molecule has 0 saturated heterocycles.